The van der Waals surface area contributed by atoms with Crippen LogP contribution in [0.3, 0.4) is 0 Å². The number of nitrogens with zero attached hydrogens (tertiary/aromatic N) is 2. The van der Waals surface area contributed by atoms with E-state index in [1.54, 1.807) is 18.2 Å². The number of fused-ring (bicyclic) bond motifs is 4. The first-order valence-corrected chi connectivity index (χ1v) is 7.24. The normalized spacial score (nSPS) is 11.7. The molecular weight excluding hydrogens is 288 g/mol. The average molecular weight is 298 g/mol. The van der Waals surface area contributed by atoms with Crippen LogP contribution in [-0.4, -0.2) is 9.38 Å². The van der Waals surface area contributed by atoms with E-state index in [2.05, 4.69) is 4.98 Å². The highest BCUT2D eigenvalue weighted by molar-refractivity contribution is 7.17. The molecule has 0 aliphatic carbocycles. The molecule has 0 aliphatic heterocycles. The average Bonchev–Trinajstić information content (AvgIpc) is 2.74. The summed E-state index contributed by atoms with van der Waals surface area (Å²) < 4.78 is 6.73. The highest BCUT2D eigenvalue weighted by atomic mass is 32.1. The quantitative estimate of drug-likeness (QED) is 0.370. The molecule has 0 saturated heterocycles. The van der Waals surface area contributed by atoms with Crippen molar-refractivity contribution >= 4 is 38.2 Å². The van der Waals surface area contributed by atoms with E-state index in [0.717, 1.165) is 10.6 Å². The molecule has 0 radical (unpaired) electrons. The third-order valence-corrected chi connectivity index (χ3v) is 4.75. The van der Waals surface area contributed by atoms with Crippen LogP contribution in [0.5, 0.6) is 0 Å². The highest BCUT2D eigenvalue weighted by Gasteiger charge is 2.17. The standard InChI is InChI=1S/C15H10N2O3S/c1-7-8(2)21-15-16-12-9-5-3-4-6-10(9)20-14(19)11(12)13(18)17(7)15/h3-6H,1-2H3. The summed E-state index contributed by atoms with van der Waals surface area (Å²) >= 11 is 1.44. The van der Waals surface area contributed by atoms with Crippen LogP contribution in [0.2, 0.25) is 0 Å². The Balaban J connectivity index is 2.42. The molecule has 0 atom stereocenters. The topological polar surface area (TPSA) is 64.6 Å². The molecule has 0 unspecified atom stereocenters. The maximum absolute atomic E-state index is 12.7. The minimum atomic E-state index is -0.640. The van der Waals surface area contributed by atoms with Crippen molar-refractivity contribution in [2.75, 3.05) is 0 Å². The van der Waals surface area contributed by atoms with Crippen LogP contribution < -0.4 is 11.2 Å². The number of benzene rings is 1. The van der Waals surface area contributed by atoms with Crippen molar-refractivity contribution in [2.24, 2.45) is 0 Å². The Morgan fingerprint density at radius 1 is 1.19 bits per heavy atom. The first-order chi connectivity index (χ1) is 10.1. The van der Waals surface area contributed by atoms with Crippen LogP contribution in [0.1, 0.15) is 10.6 Å². The van der Waals surface area contributed by atoms with Crippen molar-refractivity contribution in [2.45, 2.75) is 13.8 Å². The summed E-state index contributed by atoms with van der Waals surface area (Å²) in [4.78, 5) is 30.9. The fourth-order valence-corrected chi connectivity index (χ4v) is 3.48. The van der Waals surface area contributed by atoms with Gasteiger partial charge in [0.05, 0.1) is 5.52 Å². The van der Waals surface area contributed by atoms with Gasteiger partial charge in [0, 0.05) is 16.0 Å². The van der Waals surface area contributed by atoms with Gasteiger partial charge < -0.3 is 4.42 Å². The molecule has 0 bridgehead atoms. The third-order valence-electron chi connectivity index (χ3n) is 3.69. The number of hydrogen-bond acceptors (Lipinski definition) is 5. The lowest BCUT2D eigenvalue weighted by molar-refractivity contribution is 0.568. The van der Waals surface area contributed by atoms with Crippen LogP contribution >= 0.6 is 11.3 Å². The van der Waals surface area contributed by atoms with E-state index in [1.165, 1.54) is 15.7 Å². The number of aryl methyl sites for hydroxylation is 2. The van der Waals surface area contributed by atoms with Crippen molar-refractivity contribution in [3.05, 3.63) is 55.6 Å². The molecule has 6 heteroatoms. The first kappa shape index (κ1) is 12.3. The smallest absolute Gasteiger partial charge is 0.351 e. The summed E-state index contributed by atoms with van der Waals surface area (Å²) in [5, 5.41) is 0.683. The molecule has 3 aromatic heterocycles. The van der Waals surface area contributed by atoms with Crippen molar-refractivity contribution < 1.29 is 4.42 Å². The van der Waals surface area contributed by atoms with Crippen molar-refractivity contribution in [3.8, 4) is 0 Å². The van der Waals surface area contributed by atoms with E-state index >= 15 is 0 Å². The summed E-state index contributed by atoms with van der Waals surface area (Å²) in [6, 6.07) is 7.11. The second kappa shape index (κ2) is 4.02. The van der Waals surface area contributed by atoms with Crippen LogP contribution in [-0.2, 0) is 0 Å². The molecule has 4 aromatic rings. The number of hydrogen-bond donors (Lipinski definition) is 0. The third kappa shape index (κ3) is 1.53. The SMILES string of the molecule is Cc1sc2nc3c(c(=O)oc4ccccc43)c(=O)n2c1C. The number of aromatic nitrogens is 2. The molecule has 0 fully saturated rings. The Bertz CT molecular complexity index is 1150. The molecule has 0 N–H and O–H groups in total. The van der Waals surface area contributed by atoms with Crippen LogP contribution in [0.4, 0.5) is 0 Å². The second-order valence-corrected chi connectivity index (χ2v) is 6.07. The van der Waals surface area contributed by atoms with Gasteiger partial charge in [0.2, 0.25) is 0 Å². The van der Waals surface area contributed by atoms with Crippen LogP contribution in [0.25, 0.3) is 26.8 Å². The lowest BCUT2D eigenvalue weighted by Crippen LogP contribution is -2.21. The zero-order chi connectivity index (χ0) is 14.7. The summed E-state index contributed by atoms with van der Waals surface area (Å²) in [5.41, 5.74) is 0.654. The predicted molar refractivity (Wildman–Crippen MR) is 82.4 cm³/mol. The predicted octanol–water partition coefficient (Wildman–Crippen LogP) is 2.63. The molecule has 104 valence electrons. The highest BCUT2D eigenvalue weighted by Crippen LogP contribution is 2.23. The van der Waals surface area contributed by atoms with Gasteiger partial charge in [-0.15, -0.1) is 11.3 Å². The summed E-state index contributed by atoms with van der Waals surface area (Å²) in [7, 11) is 0. The molecule has 0 saturated carbocycles. The van der Waals surface area contributed by atoms with Crippen molar-refractivity contribution in [3.63, 3.8) is 0 Å². The monoisotopic (exact) mass is 298 g/mol. The van der Waals surface area contributed by atoms with Gasteiger partial charge in [-0.05, 0) is 26.0 Å². The molecule has 4 rings (SSSR count). The zero-order valence-corrected chi connectivity index (χ0v) is 12.2. The fourth-order valence-electron chi connectivity index (χ4n) is 2.52. The van der Waals surface area contributed by atoms with E-state index in [-0.39, 0.29) is 10.9 Å². The van der Waals surface area contributed by atoms with E-state index in [9.17, 15) is 9.59 Å². The van der Waals surface area contributed by atoms with Crippen molar-refractivity contribution in [1.29, 1.82) is 0 Å². The van der Waals surface area contributed by atoms with E-state index in [1.807, 2.05) is 19.9 Å². The van der Waals surface area contributed by atoms with Crippen LogP contribution in [0.15, 0.2) is 38.3 Å². The summed E-state index contributed by atoms with van der Waals surface area (Å²) in [6.45, 7) is 3.77. The van der Waals surface area contributed by atoms with Gasteiger partial charge in [0.15, 0.2) is 10.3 Å². The van der Waals surface area contributed by atoms with Crippen molar-refractivity contribution in [1.82, 2.24) is 9.38 Å². The van der Waals surface area contributed by atoms with E-state index < -0.39 is 5.63 Å². The number of rotatable bonds is 0. The summed E-state index contributed by atoms with van der Waals surface area (Å²) in [5.74, 6) is 0. The van der Waals surface area contributed by atoms with Gasteiger partial charge in [0.1, 0.15) is 5.58 Å². The van der Waals surface area contributed by atoms with Gasteiger partial charge in [-0.1, -0.05) is 12.1 Å². The minimum Gasteiger partial charge on any atom is -0.422 e. The Hall–Kier alpha value is -2.47. The lowest BCUT2D eigenvalue weighted by atomic mass is 10.2. The molecule has 0 spiro atoms. The Kier molecular flexibility index (Phi) is 2.35. The molecule has 0 amide bonds. The van der Waals surface area contributed by atoms with Gasteiger partial charge in [-0.3, -0.25) is 9.20 Å². The van der Waals surface area contributed by atoms with E-state index in [4.69, 9.17) is 4.42 Å². The Morgan fingerprint density at radius 2 is 1.95 bits per heavy atom. The van der Waals surface area contributed by atoms with Crippen LogP contribution in [0, 0.1) is 13.8 Å². The molecular formula is C15H10N2O3S. The van der Waals surface area contributed by atoms with E-state index in [0.29, 0.717) is 21.4 Å². The number of para-hydroxylation sites is 1. The largest absolute Gasteiger partial charge is 0.422 e. The van der Waals surface area contributed by atoms with Gasteiger partial charge >= 0.3 is 5.63 Å². The second-order valence-electron chi connectivity index (χ2n) is 4.89. The van der Waals surface area contributed by atoms with Gasteiger partial charge in [-0.25, -0.2) is 9.78 Å². The maximum atomic E-state index is 12.7. The first-order valence-electron chi connectivity index (χ1n) is 6.42. The zero-order valence-electron chi connectivity index (χ0n) is 11.3. The number of thiazole rings is 1. The lowest BCUT2D eigenvalue weighted by Gasteiger charge is -2.02. The maximum Gasteiger partial charge on any atom is 0.351 e. The molecule has 3 heterocycles. The van der Waals surface area contributed by atoms with Gasteiger partial charge in [-0.2, -0.15) is 0 Å². The minimum absolute atomic E-state index is 0.00657. The Morgan fingerprint density at radius 3 is 2.76 bits per heavy atom. The Labute approximate surface area is 122 Å². The molecule has 0 aliphatic rings. The summed E-state index contributed by atoms with van der Waals surface area (Å²) in [6.07, 6.45) is 0. The molecule has 21 heavy (non-hydrogen) atoms. The molecule has 5 nitrogen and oxygen atoms in total. The fraction of sp³-hybridized carbons (Fsp3) is 0.133. The molecule has 1 aromatic carbocycles. The van der Waals surface area contributed by atoms with Gasteiger partial charge in [0.25, 0.3) is 5.56 Å².